The van der Waals surface area contributed by atoms with Crippen molar-refractivity contribution in [2.24, 2.45) is 5.92 Å². The molecule has 1 aromatic rings. The molecule has 0 saturated carbocycles. The molecular weight excluding hydrogens is 563 g/mol. The van der Waals surface area contributed by atoms with E-state index in [1.165, 1.54) is 6.92 Å². The Labute approximate surface area is 224 Å². The number of rotatable bonds is 9. The van der Waals surface area contributed by atoms with Crippen LogP contribution >= 0.6 is 15.5 Å². The molecule has 0 amide bonds. The van der Waals surface area contributed by atoms with Gasteiger partial charge in [-0.3, -0.25) is 18.1 Å². The Kier molecular flexibility index (Phi) is 8.12. The number of alkyl halides is 1. The van der Waals surface area contributed by atoms with Crippen molar-refractivity contribution in [1.82, 2.24) is 20.1 Å². The van der Waals surface area contributed by atoms with Crippen LogP contribution in [0, 0.1) is 5.92 Å². The van der Waals surface area contributed by atoms with Crippen LogP contribution in [-0.2, 0) is 36.7 Å². The van der Waals surface area contributed by atoms with Crippen molar-refractivity contribution in [3.05, 3.63) is 0 Å². The van der Waals surface area contributed by atoms with Crippen LogP contribution in [0.15, 0.2) is 0 Å². The van der Waals surface area contributed by atoms with E-state index in [-0.39, 0.29) is 62.2 Å². The smallest absolute Gasteiger partial charge is 0.406 e. The maximum Gasteiger partial charge on any atom is 0.406 e. The summed E-state index contributed by atoms with van der Waals surface area (Å²) in [6.07, 6.45) is -3.35. The van der Waals surface area contributed by atoms with E-state index in [1.54, 1.807) is 6.92 Å². The predicted octanol–water partition coefficient (Wildman–Crippen LogP) is 1.17. The van der Waals surface area contributed by atoms with Crippen molar-refractivity contribution >= 4 is 32.9 Å². The monoisotopic (exact) mass is 597 g/mol. The van der Waals surface area contributed by atoms with Crippen LogP contribution < -0.4 is 31.7 Å². The molecule has 0 aliphatic carbocycles. The topological polar surface area (TPSA) is 213 Å². The third-order valence-electron chi connectivity index (χ3n) is 6.75. The van der Waals surface area contributed by atoms with Gasteiger partial charge >= 0.3 is 15.5 Å². The second kappa shape index (κ2) is 11.0. The van der Waals surface area contributed by atoms with Crippen LogP contribution in [0.25, 0.3) is 0 Å². The van der Waals surface area contributed by atoms with Gasteiger partial charge in [-0.2, -0.15) is 9.97 Å². The van der Waals surface area contributed by atoms with Crippen LogP contribution in [0.5, 0.6) is 5.88 Å². The zero-order valence-corrected chi connectivity index (χ0v) is 23.5. The first kappa shape index (κ1) is 28.9. The number of nitrogens with two attached hydrogens (primary N) is 2. The fourth-order valence-corrected chi connectivity index (χ4v) is 7.94. The van der Waals surface area contributed by atoms with Gasteiger partial charge in [0.1, 0.15) is 36.3 Å². The van der Waals surface area contributed by atoms with E-state index < -0.39 is 51.8 Å². The molecule has 5 rings (SSSR count). The zero-order valence-electron chi connectivity index (χ0n) is 21.7. The van der Waals surface area contributed by atoms with Crippen LogP contribution in [0.3, 0.4) is 0 Å². The second-order valence-corrected chi connectivity index (χ2v) is 13.4. The van der Waals surface area contributed by atoms with Crippen LogP contribution in [0.4, 0.5) is 21.8 Å². The van der Waals surface area contributed by atoms with Gasteiger partial charge in [0.05, 0.1) is 26.4 Å². The Morgan fingerprint density at radius 2 is 1.77 bits per heavy atom. The van der Waals surface area contributed by atoms with Gasteiger partial charge in [-0.05, 0) is 13.8 Å². The first-order chi connectivity index (χ1) is 18.4. The molecule has 7 N–H and O–H groups in total. The molecule has 4 saturated heterocycles. The quantitative estimate of drug-likeness (QED) is 0.200. The molecule has 5 heterocycles. The van der Waals surface area contributed by atoms with Crippen molar-refractivity contribution < 1.29 is 45.8 Å². The number of hydrogen-bond donors (Lipinski definition) is 5. The van der Waals surface area contributed by atoms with Gasteiger partial charge in [0.15, 0.2) is 11.5 Å². The van der Waals surface area contributed by atoms with E-state index in [9.17, 15) is 13.5 Å². The van der Waals surface area contributed by atoms with Crippen LogP contribution in [0.2, 0.25) is 0 Å². The maximum atomic E-state index is 14.6. The van der Waals surface area contributed by atoms with Gasteiger partial charge in [-0.1, -0.05) is 6.92 Å². The number of nitrogens with one attached hydrogen (secondary N) is 3. The number of fused-ring (bicyclic) bond motifs is 2. The number of aromatic nitrogens is 2. The molecule has 0 radical (unpaired) electrons. The molecule has 16 nitrogen and oxygen atoms in total. The third-order valence-corrected chi connectivity index (χ3v) is 9.97. The van der Waals surface area contributed by atoms with E-state index in [0.717, 1.165) is 0 Å². The lowest BCUT2D eigenvalue weighted by atomic mass is 10.0. The molecule has 220 valence electrons. The first-order valence-electron chi connectivity index (χ1n) is 12.6. The lowest BCUT2D eigenvalue weighted by molar-refractivity contribution is -0.0382. The Bertz CT molecular complexity index is 1170. The van der Waals surface area contributed by atoms with Gasteiger partial charge < -0.3 is 31.0 Å². The standard InChI is InChI=1S/C20H34FN7O9P2/c1-4-31-18-13(22)16(27-19(23)28-18)26-17-10(2)14-11(35-17)7-33-38(29,36-14)24-5-6-25-39(30)34-8-12-15(37-39)20(3,21)9-32-12/h10-12,14-15,17H,4-9,22H2,1-3H3,(H,24,29)(H,25,30)(H3,23,26,27,28)/t10-,11?,12?,14-,15?,17?,20-,38?,39?/m0/s1. The van der Waals surface area contributed by atoms with Crippen molar-refractivity contribution in [2.75, 3.05) is 56.3 Å². The predicted molar refractivity (Wildman–Crippen MR) is 136 cm³/mol. The minimum atomic E-state index is -3.79. The number of halogens is 1. The lowest BCUT2D eigenvalue weighted by Crippen LogP contribution is -2.45. The molecule has 0 aromatic carbocycles. The van der Waals surface area contributed by atoms with Crippen molar-refractivity contribution in [3.8, 4) is 5.88 Å². The summed E-state index contributed by atoms with van der Waals surface area (Å²) in [5, 5.41) is 8.44. The summed E-state index contributed by atoms with van der Waals surface area (Å²) in [6.45, 7) is 5.11. The summed E-state index contributed by atoms with van der Waals surface area (Å²) >= 11 is 0. The van der Waals surface area contributed by atoms with Crippen molar-refractivity contribution in [2.45, 2.75) is 57.1 Å². The fourth-order valence-electron chi connectivity index (χ4n) is 4.73. The van der Waals surface area contributed by atoms with E-state index in [0.29, 0.717) is 6.61 Å². The maximum absolute atomic E-state index is 14.6. The molecule has 0 bridgehead atoms. The van der Waals surface area contributed by atoms with Gasteiger partial charge in [0.2, 0.25) is 11.8 Å². The lowest BCUT2D eigenvalue weighted by Gasteiger charge is -2.34. The van der Waals surface area contributed by atoms with Gasteiger partial charge in [-0.25, -0.2) is 23.7 Å². The number of ether oxygens (including phenoxy) is 3. The number of hydrogen-bond acceptors (Lipinski definition) is 14. The van der Waals surface area contributed by atoms with Gasteiger partial charge in [0.25, 0.3) is 0 Å². The van der Waals surface area contributed by atoms with Gasteiger partial charge in [-0.15, -0.1) is 0 Å². The summed E-state index contributed by atoms with van der Waals surface area (Å²) in [6, 6.07) is 0. The first-order valence-corrected chi connectivity index (χ1v) is 15.6. The number of nitrogen functional groups attached to an aromatic ring is 2. The zero-order chi connectivity index (χ0) is 28.0. The summed E-state index contributed by atoms with van der Waals surface area (Å²) in [4.78, 5) is 8.12. The molecular formula is C20H34FN7O9P2. The Hall–Kier alpha value is -1.65. The molecule has 39 heavy (non-hydrogen) atoms. The highest BCUT2D eigenvalue weighted by molar-refractivity contribution is 7.52. The average molecular weight is 597 g/mol. The molecule has 4 fully saturated rings. The second-order valence-electron chi connectivity index (χ2n) is 9.81. The fraction of sp³-hybridized carbons (Fsp3) is 0.800. The molecule has 9 atom stereocenters. The minimum Gasteiger partial charge on any atom is -0.476 e. The molecule has 4 aliphatic heterocycles. The highest BCUT2D eigenvalue weighted by Crippen LogP contribution is 2.54. The summed E-state index contributed by atoms with van der Waals surface area (Å²) in [7, 11) is -7.52. The number of anilines is 3. The summed E-state index contributed by atoms with van der Waals surface area (Å²) in [5.74, 6) is 0.0653. The molecule has 0 spiro atoms. The van der Waals surface area contributed by atoms with E-state index in [4.69, 9.17) is 43.8 Å². The van der Waals surface area contributed by atoms with Gasteiger partial charge in [0, 0.05) is 19.0 Å². The number of nitrogens with zero attached hydrogens (tertiary/aromatic N) is 2. The Balaban J connectivity index is 1.13. The molecule has 19 heteroatoms. The third kappa shape index (κ3) is 6.03. The highest BCUT2D eigenvalue weighted by Gasteiger charge is 2.55. The highest BCUT2D eigenvalue weighted by atomic mass is 31.2. The normalized spacial score (nSPS) is 41.6. The van der Waals surface area contributed by atoms with E-state index in [2.05, 4.69) is 25.5 Å². The van der Waals surface area contributed by atoms with Crippen LogP contribution in [-0.4, -0.2) is 85.8 Å². The largest absolute Gasteiger partial charge is 0.476 e. The van der Waals surface area contributed by atoms with Crippen molar-refractivity contribution in [3.63, 3.8) is 0 Å². The SMILES string of the molecule is CCOc1nc(N)nc(NC2OC3COP(=O)(NCCNP4(=O)OCC5OC[C@](C)(F)C5O4)O[C@H]3[C@@H]2C)c1N. The Morgan fingerprint density at radius 3 is 2.46 bits per heavy atom. The molecule has 4 aliphatic rings. The average Bonchev–Trinajstić information content (AvgIpc) is 3.34. The van der Waals surface area contributed by atoms with E-state index in [1.807, 2.05) is 6.92 Å². The van der Waals surface area contributed by atoms with Crippen molar-refractivity contribution in [1.29, 1.82) is 0 Å². The Morgan fingerprint density at radius 1 is 1.10 bits per heavy atom. The minimum absolute atomic E-state index is 0.000645. The van der Waals surface area contributed by atoms with Crippen LogP contribution in [0.1, 0.15) is 20.8 Å². The molecule has 6 unspecified atom stereocenters. The summed E-state index contributed by atoms with van der Waals surface area (Å²) in [5.41, 5.74) is 10.3. The summed E-state index contributed by atoms with van der Waals surface area (Å²) < 4.78 is 79.4. The van der Waals surface area contributed by atoms with E-state index >= 15 is 0 Å². The molecule has 1 aromatic heterocycles.